The molecule has 0 spiro atoms. The van der Waals surface area contributed by atoms with Crippen LogP contribution in [0.2, 0.25) is 5.02 Å². The van der Waals surface area contributed by atoms with Gasteiger partial charge in [-0.2, -0.15) is 0 Å². The average molecular weight is 237 g/mol. The van der Waals surface area contributed by atoms with E-state index in [4.69, 9.17) is 21.9 Å². The minimum Gasteiger partial charge on any atom is -0.451 e. The van der Waals surface area contributed by atoms with Crippen molar-refractivity contribution >= 4 is 17.5 Å². The van der Waals surface area contributed by atoms with Crippen molar-refractivity contribution in [2.45, 2.75) is 0 Å². The number of carbonyl (C=O) groups is 1. The van der Waals surface area contributed by atoms with Gasteiger partial charge in [0.15, 0.2) is 5.76 Å². The zero-order valence-corrected chi connectivity index (χ0v) is 8.99. The number of rotatable bonds is 2. The van der Waals surface area contributed by atoms with Gasteiger partial charge in [0.25, 0.3) is 0 Å². The Morgan fingerprint density at radius 3 is 2.81 bits per heavy atom. The molecule has 2 aromatic rings. The summed E-state index contributed by atoms with van der Waals surface area (Å²) in [7, 11) is 0. The highest BCUT2D eigenvalue weighted by Gasteiger charge is 2.10. The monoisotopic (exact) mass is 236 g/mol. The van der Waals surface area contributed by atoms with Crippen molar-refractivity contribution in [3.05, 3.63) is 47.2 Å². The van der Waals surface area contributed by atoms with Gasteiger partial charge in [-0.25, -0.2) is 5.84 Å². The maximum atomic E-state index is 11.2. The second-order valence-corrected chi connectivity index (χ2v) is 3.58. The molecular formula is C11H9ClN2O2. The molecule has 0 bridgehead atoms. The molecule has 0 aliphatic rings. The molecule has 0 saturated heterocycles. The number of furan rings is 1. The molecule has 3 N–H and O–H groups in total. The summed E-state index contributed by atoms with van der Waals surface area (Å²) < 4.78 is 5.33. The van der Waals surface area contributed by atoms with E-state index >= 15 is 0 Å². The topological polar surface area (TPSA) is 68.3 Å². The van der Waals surface area contributed by atoms with Crippen LogP contribution in [0.25, 0.3) is 11.3 Å². The fourth-order valence-corrected chi connectivity index (χ4v) is 1.52. The van der Waals surface area contributed by atoms with Crippen LogP contribution in [0.15, 0.2) is 40.8 Å². The molecular weight excluding hydrogens is 228 g/mol. The van der Waals surface area contributed by atoms with Gasteiger partial charge < -0.3 is 4.42 Å². The zero-order chi connectivity index (χ0) is 11.5. The SMILES string of the molecule is NNC(=O)c1ccc(-c2cccc(Cl)c2)o1. The van der Waals surface area contributed by atoms with Crippen LogP contribution in [0.5, 0.6) is 0 Å². The number of hydrogen-bond acceptors (Lipinski definition) is 3. The van der Waals surface area contributed by atoms with E-state index in [0.29, 0.717) is 10.8 Å². The van der Waals surface area contributed by atoms with Gasteiger partial charge in [-0.1, -0.05) is 23.7 Å². The summed E-state index contributed by atoms with van der Waals surface area (Å²) in [6, 6.07) is 10.4. The van der Waals surface area contributed by atoms with Crippen molar-refractivity contribution in [1.82, 2.24) is 5.43 Å². The molecule has 0 aliphatic carbocycles. The Balaban J connectivity index is 2.35. The van der Waals surface area contributed by atoms with E-state index in [0.717, 1.165) is 5.56 Å². The number of hydrazine groups is 1. The Kier molecular flexibility index (Phi) is 2.94. The third-order valence-corrected chi connectivity index (χ3v) is 2.31. The van der Waals surface area contributed by atoms with Crippen LogP contribution in [-0.2, 0) is 0 Å². The highest BCUT2D eigenvalue weighted by molar-refractivity contribution is 6.30. The van der Waals surface area contributed by atoms with Crippen LogP contribution in [0.1, 0.15) is 10.6 Å². The Morgan fingerprint density at radius 1 is 1.31 bits per heavy atom. The second-order valence-electron chi connectivity index (χ2n) is 3.15. The predicted molar refractivity (Wildman–Crippen MR) is 60.8 cm³/mol. The summed E-state index contributed by atoms with van der Waals surface area (Å²) in [4.78, 5) is 11.2. The molecule has 0 aliphatic heterocycles. The van der Waals surface area contributed by atoms with Crippen LogP contribution in [0, 0.1) is 0 Å². The second kappa shape index (κ2) is 4.38. The van der Waals surface area contributed by atoms with Crippen molar-refractivity contribution < 1.29 is 9.21 Å². The predicted octanol–water partition coefficient (Wildman–Crippen LogP) is 2.20. The van der Waals surface area contributed by atoms with Gasteiger partial charge in [0.2, 0.25) is 0 Å². The molecule has 4 nitrogen and oxygen atoms in total. The number of halogens is 1. The number of nitrogen functional groups attached to an aromatic ring is 1. The Labute approximate surface area is 97.0 Å². The van der Waals surface area contributed by atoms with Gasteiger partial charge in [0.1, 0.15) is 5.76 Å². The molecule has 1 amide bonds. The van der Waals surface area contributed by atoms with E-state index in [1.54, 1.807) is 24.3 Å². The highest BCUT2D eigenvalue weighted by Crippen LogP contribution is 2.24. The van der Waals surface area contributed by atoms with Crippen molar-refractivity contribution in [3.8, 4) is 11.3 Å². The van der Waals surface area contributed by atoms with Crippen LogP contribution in [-0.4, -0.2) is 5.91 Å². The molecule has 0 unspecified atom stereocenters. The molecule has 0 atom stereocenters. The van der Waals surface area contributed by atoms with Gasteiger partial charge in [-0.15, -0.1) is 0 Å². The van der Waals surface area contributed by atoms with Crippen molar-refractivity contribution in [2.75, 3.05) is 0 Å². The summed E-state index contributed by atoms with van der Waals surface area (Å²) in [5.74, 6) is 5.27. The van der Waals surface area contributed by atoms with E-state index in [9.17, 15) is 4.79 Å². The maximum Gasteiger partial charge on any atom is 0.300 e. The van der Waals surface area contributed by atoms with Crippen molar-refractivity contribution in [1.29, 1.82) is 0 Å². The number of benzene rings is 1. The molecule has 1 heterocycles. The normalized spacial score (nSPS) is 10.1. The molecule has 1 aromatic heterocycles. The molecule has 5 heteroatoms. The van der Waals surface area contributed by atoms with Crippen LogP contribution < -0.4 is 11.3 Å². The number of nitrogens with two attached hydrogens (primary N) is 1. The standard InChI is InChI=1S/C11H9ClN2O2/c12-8-3-1-2-7(6-8)9-4-5-10(16-9)11(15)14-13/h1-6H,13H2,(H,14,15). The first-order valence-corrected chi connectivity index (χ1v) is 4.95. The van der Waals surface area contributed by atoms with Crippen LogP contribution in [0.3, 0.4) is 0 Å². The Bertz CT molecular complexity index is 522. The van der Waals surface area contributed by atoms with Gasteiger partial charge >= 0.3 is 5.91 Å². The van der Waals surface area contributed by atoms with E-state index in [1.807, 2.05) is 17.6 Å². The van der Waals surface area contributed by atoms with Crippen LogP contribution >= 0.6 is 11.6 Å². The van der Waals surface area contributed by atoms with E-state index in [1.165, 1.54) is 0 Å². The lowest BCUT2D eigenvalue weighted by Crippen LogP contribution is -2.29. The fourth-order valence-electron chi connectivity index (χ4n) is 1.33. The minimum atomic E-state index is -0.465. The summed E-state index contributed by atoms with van der Waals surface area (Å²) in [5, 5.41) is 0.610. The van der Waals surface area contributed by atoms with Crippen LogP contribution in [0.4, 0.5) is 0 Å². The first kappa shape index (κ1) is 10.7. The molecule has 0 fully saturated rings. The lowest BCUT2D eigenvalue weighted by molar-refractivity contribution is 0.0927. The summed E-state index contributed by atoms with van der Waals surface area (Å²) in [6.45, 7) is 0. The minimum absolute atomic E-state index is 0.164. The van der Waals surface area contributed by atoms with Crippen molar-refractivity contribution in [2.24, 2.45) is 5.84 Å². The molecule has 0 saturated carbocycles. The van der Waals surface area contributed by atoms with Gasteiger partial charge in [0, 0.05) is 10.6 Å². The average Bonchev–Trinajstić information content (AvgIpc) is 2.77. The summed E-state index contributed by atoms with van der Waals surface area (Å²) in [6.07, 6.45) is 0. The smallest absolute Gasteiger partial charge is 0.300 e. The molecule has 16 heavy (non-hydrogen) atoms. The van der Waals surface area contributed by atoms with Crippen molar-refractivity contribution in [3.63, 3.8) is 0 Å². The quantitative estimate of drug-likeness (QED) is 0.477. The Hall–Kier alpha value is -1.78. The van der Waals surface area contributed by atoms with E-state index in [2.05, 4.69) is 0 Å². The lowest BCUT2D eigenvalue weighted by atomic mass is 10.2. The third-order valence-electron chi connectivity index (χ3n) is 2.07. The number of hydrogen-bond donors (Lipinski definition) is 2. The summed E-state index contributed by atoms with van der Waals surface area (Å²) in [5.41, 5.74) is 2.81. The lowest BCUT2D eigenvalue weighted by Gasteiger charge is -1.97. The highest BCUT2D eigenvalue weighted by atomic mass is 35.5. The Morgan fingerprint density at radius 2 is 2.12 bits per heavy atom. The molecule has 1 aromatic carbocycles. The molecule has 2 rings (SSSR count). The molecule has 0 radical (unpaired) electrons. The van der Waals surface area contributed by atoms with E-state index < -0.39 is 5.91 Å². The number of amides is 1. The summed E-state index contributed by atoms with van der Waals surface area (Å²) >= 11 is 5.85. The zero-order valence-electron chi connectivity index (χ0n) is 8.24. The van der Waals surface area contributed by atoms with Gasteiger partial charge in [-0.3, -0.25) is 10.2 Å². The molecule has 82 valence electrons. The first-order chi connectivity index (χ1) is 7.70. The fraction of sp³-hybridized carbons (Fsp3) is 0. The largest absolute Gasteiger partial charge is 0.451 e. The number of carbonyl (C=O) groups excluding carboxylic acids is 1. The van der Waals surface area contributed by atoms with Gasteiger partial charge in [0.05, 0.1) is 0 Å². The first-order valence-electron chi connectivity index (χ1n) is 4.57. The third kappa shape index (κ3) is 2.08. The number of nitrogens with one attached hydrogen (secondary N) is 1. The van der Waals surface area contributed by atoms with E-state index in [-0.39, 0.29) is 5.76 Å². The van der Waals surface area contributed by atoms with Gasteiger partial charge in [-0.05, 0) is 24.3 Å². The maximum absolute atomic E-state index is 11.2.